The summed E-state index contributed by atoms with van der Waals surface area (Å²) in [5.41, 5.74) is 1.17. The molecule has 5 rings (SSSR count). The molecule has 200 valence electrons. The summed E-state index contributed by atoms with van der Waals surface area (Å²) in [6, 6.07) is 15.0. The number of nitrogens with zero attached hydrogens (tertiary/aromatic N) is 2. The average Bonchev–Trinajstić information content (AvgIpc) is 3.36. The third-order valence-corrected chi connectivity index (χ3v) is 11.2. The number of hydrogen-bond acceptors (Lipinski definition) is 5. The van der Waals surface area contributed by atoms with Crippen LogP contribution in [0, 0.1) is 5.92 Å². The Balaban J connectivity index is 1.57. The highest BCUT2D eigenvalue weighted by Crippen LogP contribution is 2.42. The van der Waals surface area contributed by atoms with Crippen LogP contribution in [0.15, 0.2) is 59.5 Å². The molecule has 11 heteroatoms. The average molecular weight is 594 g/mol. The minimum Gasteiger partial charge on any atom is -0.477 e. The second-order valence-electron chi connectivity index (χ2n) is 9.57. The molecule has 0 radical (unpaired) electrons. The number of benzene rings is 2. The number of piperazine rings is 1. The van der Waals surface area contributed by atoms with E-state index in [4.69, 9.17) is 23.2 Å². The molecule has 0 spiro atoms. The Morgan fingerprint density at radius 1 is 1.00 bits per heavy atom. The van der Waals surface area contributed by atoms with Gasteiger partial charge in [-0.25, -0.2) is 13.2 Å². The lowest BCUT2D eigenvalue weighted by Gasteiger charge is -2.45. The Kier molecular flexibility index (Phi) is 7.84. The number of carbonyl (C=O) groups is 2. The normalized spacial score (nSPS) is 19.6. The van der Waals surface area contributed by atoms with E-state index in [9.17, 15) is 23.1 Å². The molecule has 1 aromatic heterocycles. The molecule has 1 atom stereocenters. The Bertz CT molecular complexity index is 1470. The smallest absolute Gasteiger partial charge is 0.348 e. The van der Waals surface area contributed by atoms with Crippen molar-refractivity contribution in [2.75, 3.05) is 18.0 Å². The van der Waals surface area contributed by atoms with Crippen molar-refractivity contribution in [1.82, 2.24) is 4.31 Å². The number of carboxylic acids is 1. The zero-order chi connectivity index (χ0) is 27.0. The molecule has 0 bridgehead atoms. The van der Waals surface area contributed by atoms with Gasteiger partial charge in [-0.05, 0) is 42.5 Å². The van der Waals surface area contributed by atoms with Crippen LogP contribution >= 0.6 is 34.5 Å². The molecule has 2 heterocycles. The summed E-state index contributed by atoms with van der Waals surface area (Å²) in [4.78, 5) is 28.3. The molecule has 3 aromatic rings. The van der Waals surface area contributed by atoms with Gasteiger partial charge in [-0.1, -0.05) is 78.9 Å². The van der Waals surface area contributed by atoms with E-state index in [2.05, 4.69) is 0 Å². The van der Waals surface area contributed by atoms with E-state index < -0.39 is 34.5 Å². The van der Waals surface area contributed by atoms with Crippen LogP contribution < -0.4 is 4.90 Å². The molecule has 1 aliphatic carbocycles. The highest BCUT2D eigenvalue weighted by molar-refractivity contribution is 7.89. The number of aromatic carboxylic acids is 1. The molecule has 2 aliphatic rings. The molecular formula is C27H26Cl2N2O5S2. The van der Waals surface area contributed by atoms with Crippen molar-refractivity contribution < 1.29 is 23.1 Å². The fourth-order valence-corrected chi connectivity index (χ4v) is 8.56. The first-order valence-corrected chi connectivity index (χ1v) is 15.4. The highest BCUT2D eigenvalue weighted by Gasteiger charge is 2.44. The second-order valence-corrected chi connectivity index (χ2v) is 13.3. The number of rotatable bonds is 6. The fourth-order valence-electron chi connectivity index (χ4n) is 5.42. The predicted octanol–water partition coefficient (Wildman–Crippen LogP) is 6.41. The van der Waals surface area contributed by atoms with Crippen LogP contribution in [0.2, 0.25) is 10.0 Å². The molecule has 1 N–H and O–H groups in total. The molecule has 1 saturated heterocycles. The molecular weight excluding hydrogens is 567 g/mol. The molecule has 7 nitrogen and oxygen atoms in total. The summed E-state index contributed by atoms with van der Waals surface area (Å²) in [5, 5.41) is 10.1. The molecule has 1 saturated carbocycles. The van der Waals surface area contributed by atoms with Crippen LogP contribution in [0.4, 0.5) is 5.69 Å². The summed E-state index contributed by atoms with van der Waals surface area (Å²) in [6.45, 7) is -0.388. The van der Waals surface area contributed by atoms with Crippen LogP contribution in [0.25, 0.3) is 10.4 Å². The van der Waals surface area contributed by atoms with Crippen LogP contribution in [0.1, 0.15) is 41.8 Å². The van der Waals surface area contributed by atoms with Crippen LogP contribution in [-0.4, -0.2) is 48.8 Å². The first-order chi connectivity index (χ1) is 18.2. The maximum atomic E-state index is 13.8. The zero-order valence-corrected chi connectivity index (χ0v) is 23.5. The first-order valence-electron chi connectivity index (χ1n) is 12.4. The standard InChI is InChI=1S/C27H26Cl2N2O5S2/c28-19-12-7-13-23(25(19)29)38(35,36)30-15-21(17-8-3-1-4-9-17)31(24(32)16-30)20-14-22(37-26(20)27(33)34)18-10-5-2-6-11-18/h2,5-7,10-14,17,21H,1,3-4,8-9,15-16H2,(H,33,34). The minimum atomic E-state index is -4.13. The molecule has 2 aromatic carbocycles. The van der Waals surface area contributed by atoms with Gasteiger partial charge in [-0.15, -0.1) is 11.3 Å². The van der Waals surface area contributed by atoms with E-state index in [1.807, 2.05) is 30.3 Å². The van der Waals surface area contributed by atoms with Crippen molar-refractivity contribution in [3.8, 4) is 10.4 Å². The largest absolute Gasteiger partial charge is 0.477 e. The van der Waals surface area contributed by atoms with Crippen LogP contribution in [0.3, 0.4) is 0 Å². The Morgan fingerprint density at radius 2 is 1.71 bits per heavy atom. The Labute approximate surface area is 235 Å². The van der Waals surface area contributed by atoms with E-state index in [1.165, 1.54) is 18.2 Å². The summed E-state index contributed by atoms with van der Waals surface area (Å²) in [7, 11) is -4.13. The number of anilines is 1. The van der Waals surface area contributed by atoms with Crippen molar-refractivity contribution in [1.29, 1.82) is 0 Å². The Morgan fingerprint density at radius 3 is 2.39 bits per heavy atom. The van der Waals surface area contributed by atoms with E-state index in [0.717, 1.165) is 58.2 Å². The van der Waals surface area contributed by atoms with E-state index in [0.29, 0.717) is 5.69 Å². The van der Waals surface area contributed by atoms with Gasteiger partial charge in [0.05, 0.1) is 28.3 Å². The number of amides is 1. The molecule has 1 unspecified atom stereocenters. The van der Waals surface area contributed by atoms with Crippen molar-refractivity contribution in [2.24, 2.45) is 5.92 Å². The topological polar surface area (TPSA) is 95.0 Å². The van der Waals surface area contributed by atoms with Gasteiger partial charge in [0.25, 0.3) is 0 Å². The number of hydrogen-bond donors (Lipinski definition) is 1. The molecule has 1 amide bonds. The number of halogens is 2. The maximum Gasteiger partial charge on any atom is 0.348 e. The SMILES string of the molecule is O=C(O)c1sc(-c2ccccc2)cc1N1C(=O)CN(S(=O)(=O)c2cccc(Cl)c2Cl)CC1C1CCCCC1. The number of carboxylic acid groups (broad SMARTS) is 1. The van der Waals surface area contributed by atoms with Gasteiger partial charge in [-0.3, -0.25) is 4.79 Å². The van der Waals surface area contributed by atoms with E-state index in [1.54, 1.807) is 11.0 Å². The monoisotopic (exact) mass is 592 g/mol. The lowest BCUT2D eigenvalue weighted by atomic mass is 9.82. The van der Waals surface area contributed by atoms with E-state index in [-0.39, 0.29) is 32.3 Å². The summed E-state index contributed by atoms with van der Waals surface area (Å²) < 4.78 is 28.5. The lowest BCUT2D eigenvalue weighted by molar-refractivity contribution is -0.121. The third kappa shape index (κ3) is 5.10. The van der Waals surface area contributed by atoms with Gasteiger partial charge in [0.1, 0.15) is 9.77 Å². The number of sulfonamides is 1. The fraction of sp³-hybridized carbons (Fsp3) is 0.333. The Hall–Kier alpha value is -2.43. The number of thiophene rings is 1. The third-order valence-electron chi connectivity index (χ3n) is 7.26. The van der Waals surface area contributed by atoms with Gasteiger partial charge in [0.15, 0.2) is 0 Å². The summed E-state index contributed by atoms with van der Waals surface area (Å²) in [5.74, 6) is -1.56. The molecule has 38 heavy (non-hydrogen) atoms. The van der Waals surface area contributed by atoms with Crippen molar-refractivity contribution in [3.05, 3.63) is 69.5 Å². The van der Waals surface area contributed by atoms with Gasteiger partial charge in [0, 0.05) is 11.4 Å². The van der Waals surface area contributed by atoms with Crippen molar-refractivity contribution in [2.45, 2.75) is 43.0 Å². The van der Waals surface area contributed by atoms with Crippen molar-refractivity contribution in [3.63, 3.8) is 0 Å². The first kappa shape index (κ1) is 27.1. The zero-order valence-electron chi connectivity index (χ0n) is 20.3. The summed E-state index contributed by atoms with van der Waals surface area (Å²) in [6.07, 6.45) is 4.69. The van der Waals surface area contributed by atoms with Crippen molar-refractivity contribution >= 4 is 62.1 Å². The molecule has 2 fully saturated rings. The van der Waals surface area contributed by atoms with Gasteiger partial charge in [-0.2, -0.15) is 4.31 Å². The minimum absolute atomic E-state index is 0.0299. The molecule has 1 aliphatic heterocycles. The van der Waals surface area contributed by atoms with Gasteiger partial charge in [0.2, 0.25) is 15.9 Å². The van der Waals surface area contributed by atoms with Crippen LogP contribution in [0.5, 0.6) is 0 Å². The van der Waals surface area contributed by atoms with Gasteiger partial charge < -0.3 is 10.0 Å². The van der Waals surface area contributed by atoms with E-state index >= 15 is 0 Å². The maximum absolute atomic E-state index is 13.8. The van der Waals surface area contributed by atoms with Crippen LogP contribution in [-0.2, 0) is 14.8 Å². The quantitative estimate of drug-likeness (QED) is 0.357. The summed E-state index contributed by atoms with van der Waals surface area (Å²) >= 11 is 13.5. The lowest BCUT2D eigenvalue weighted by Crippen LogP contribution is -2.60. The second kappa shape index (κ2) is 11.0. The highest BCUT2D eigenvalue weighted by atomic mass is 35.5. The number of carbonyl (C=O) groups excluding carboxylic acids is 1. The predicted molar refractivity (Wildman–Crippen MR) is 150 cm³/mol. The van der Waals surface area contributed by atoms with Gasteiger partial charge >= 0.3 is 5.97 Å².